The normalized spacial score (nSPS) is 19.5. The lowest BCUT2D eigenvalue weighted by Gasteiger charge is -2.21. The van der Waals surface area contributed by atoms with Crippen LogP contribution in [-0.4, -0.2) is 43.6 Å². The van der Waals surface area contributed by atoms with E-state index in [4.69, 9.17) is 0 Å². The molecule has 1 aliphatic rings. The van der Waals surface area contributed by atoms with Gasteiger partial charge >= 0.3 is 0 Å². The van der Waals surface area contributed by atoms with Crippen molar-refractivity contribution in [3.8, 4) is 0 Å². The second-order valence-electron chi connectivity index (χ2n) is 5.71. The summed E-state index contributed by atoms with van der Waals surface area (Å²) in [5, 5.41) is 0. The number of hydrogen-bond donors (Lipinski definition) is 1. The van der Waals surface area contributed by atoms with Crippen molar-refractivity contribution in [2.75, 3.05) is 12.3 Å². The van der Waals surface area contributed by atoms with E-state index in [0.29, 0.717) is 13.0 Å². The summed E-state index contributed by atoms with van der Waals surface area (Å²) in [5.74, 6) is 0.0596. The molecule has 5 nitrogen and oxygen atoms in total. The number of amides is 1. The lowest BCUT2D eigenvalue weighted by molar-refractivity contribution is -0.129. The van der Waals surface area contributed by atoms with Gasteiger partial charge in [0.1, 0.15) is 0 Å². The third kappa shape index (κ3) is 4.54. The lowest BCUT2D eigenvalue weighted by atomic mass is 10.2. The number of benzene rings is 1. The average molecular weight is 310 g/mol. The lowest BCUT2D eigenvalue weighted by Crippen LogP contribution is -2.40. The second kappa shape index (κ2) is 6.58. The van der Waals surface area contributed by atoms with E-state index in [1.807, 2.05) is 44.2 Å². The molecule has 0 spiro atoms. The number of carbonyl (C=O) groups is 1. The molecular formula is C15H22N2O3S. The minimum atomic E-state index is -3.36. The molecular weight excluding hydrogens is 288 g/mol. The quantitative estimate of drug-likeness (QED) is 0.857. The molecule has 0 radical (unpaired) electrons. The Hall–Kier alpha value is -1.40. The first-order chi connectivity index (χ1) is 9.87. The van der Waals surface area contributed by atoms with E-state index in [1.165, 1.54) is 0 Å². The first kappa shape index (κ1) is 16.0. The molecule has 1 aromatic carbocycles. The number of nitrogens with zero attached hydrogens (tertiary/aromatic N) is 1. The standard InChI is InChI=1S/C15H22N2O3S/c1-12(2)17-11-14(10-15(17)18)16-21(19,20)9-8-13-6-4-3-5-7-13/h3-7,12,14,16H,8-11H2,1-2H3. The van der Waals surface area contributed by atoms with Crippen LogP contribution in [0.25, 0.3) is 0 Å². The summed E-state index contributed by atoms with van der Waals surface area (Å²) in [4.78, 5) is 13.5. The molecule has 1 N–H and O–H groups in total. The highest BCUT2D eigenvalue weighted by Gasteiger charge is 2.33. The van der Waals surface area contributed by atoms with E-state index in [-0.39, 0.29) is 30.2 Å². The van der Waals surface area contributed by atoms with E-state index in [9.17, 15) is 13.2 Å². The maximum absolute atomic E-state index is 12.1. The van der Waals surface area contributed by atoms with Gasteiger partial charge in [0, 0.05) is 25.0 Å². The van der Waals surface area contributed by atoms with Gasteiger partial charge < -0.3 is 4.90 Å². The fourth-order valence-electron chi connectivity index (χ4n) is 2.52. The summed E-state index contributed by atoms with van der Waals surface area (Å²) >= 11 is 0. The smallest absolute Gasteiger partial charge is 0.224 e. The molecule has 0 saturated carbocycles. The first-order valence-electron chi connectivity index (χ1n) is 7.21. The molecule has 1 aromatic rings. The van der Waals surface area contributed by atoms with Gasteiger partial charge in [-0.2, -0.15) is 0 Å². The van der Waals surface area contributed by atoms with Crippen LogP contribution in [0.3, 0.4) is 0 Å². The van der Waals surface area contributed by atoms with Gasteiger partial charge in [-0.15, -0.1) is 0 Å². The Bertz CT molecular complexity index is 584. The molecule has 1 fully saturated rings. The van der Waals surface area contributed by atoms with Gasteiger partial charge in [0.05, 0.1) is 5.75 Å². The molecule has 1 aliphatic heterocycles. The summed E-state index contributed by atoms with van der Waals surface area (Å²) in [5.41, 5.74) is 0.995. The van der Waals surface area contributed by atoms with E-state index in [0.717, 1.165) is 5.56 Å². The Morgan fingerprint density at radius 2 is 1.95 bits per heavy atom. The van der Waals surface area contributed by atoms with Crippen molar-refractivity contribution in [2.24, 2.45) is 0 Å². The van der Waals surface area contributed by atoms with E-state index < -0.39 is 10.0 Å². The van der Waals surface area contributed by atoms with Gasteiger partial charge in [-0.05, 0) is 25.8 Å². The molecule has 1 amide bonds. The van der Waals surface area contributed by atoms with Crippen LogP contribution >= 0.6 is 0 Å². The molecule has 116 valence electrons. The Labute approximate surface area is 126 Å². The third-order valence-electron chi connectivity index (χ3n) is 3.63. The maximum Gasteiger partial charge on any atom is 0.224 e. The minimum absolute atomic E-state index is 0.0146. The molecule has 1 atom stereocenters. The Kier molecular flexibility index (Phi) is 5.00. The van der Waals surface area contributed by atoms with Crippen LogP contribution in [-0.2, 0) is 21.2 Å². The molecule has 1 heterocycles. The number of nitrogens with one attached hydrogen (secondary N) is 1. The van der Waals surface area contributed by atoms with Crippen molar-refractivity contribution in [3.05, 3.63) is 35.9 Å². The predicted octanol–water partition coefficient (Wildman–Crippen LogP) is 1.16. The van der Waals surface area contributed by atoms with Gasteiger partial charge in [0.25, 0.3) is 0 Å². The first-order valence-corrected chi connectivity index (χ1v) is 8.86. The molecule has 21 heavy (non-hydrogen) atoms. The summed E-state index contributed by atoms with van der Waals surface area (Å²) < 4.78 is 26.9. The number of rotatable bonds is 6. The zero-order valence-corrected chi connectivity index (χ0v) is 13.3. The Morgan fingerprint density at radius 3 is 2.52 bits per heavy atom. The number of carbonyl (C=O) groups excluding carboxylic acids is 1. The number of likely N-dealkylation sites (tertiary alicyclic amines) is 1. The number of sulfonamides is 1. The summed E-state index contributed by atoms with van der Waals surface area (Å²) in [7, 11) is -3.36. The average Bonchev–Trinajstić information content (AvgIpc) is 2.78. The monoisotopic (exact) mass is 310 g/mol. The van der Waals surface area contributed by atoms with Gasteiger partial charge in [-0.1, -0.05) is 30.3 Å². The van der Waals surface area contributed by atoms with Gasteiger partial charge in [0.2, 0.25) is 15.9 Å². The molecule has 0 aromatic heterocycles. The van der Waals surface area contributed by atoms with Crippen molar-refractivity contribution in [1.29, 1.82) is 0 Å². The van der Waals surface area contributed by atoms with Crippen LogP contribution in [0.5, 0.6) is 0 Å². The zero-order chi connectivity index (χ0) is 15.5. The number of aryl methyl sites for hydroxylation is 1. The largest absolute Gasteiger partial charge is 0.339 e. The van der Waals surface area contributed by atoms with Crippen LogP contribution in [0.4, 0.5) is 0 Å². The van der Waals surface area contributed by atoms with Crippen LogP contribution < -0.4 is 4.72 Å². The summed E-state index contributed by atoms with van der Waals surface area (Å²) in [6, 6.07) is 9.32. The van der Waals surface area contributed by atoms with Crippen molar-refractivity contribution in [2.45, 2.75) is 38.8 Å². The molecule has 1 saturated heterocycles. The van der Waals surface area contributed by atoms with E-state index in [2.05, 4.69) is 4.72 Å². The molecule has 2 rings (SSSR count). The minimum Gasteiger partial charge on any atom is -0.339 e. The fraction of sp³-hybridized carbons (Fsp3) is 0.533. The molecule has 0 bridgehead atoms. The third-order valence-corrected chi connectivity index (χ3v) is 5.06. The van der Waals surface area contributed by atoms with E-state index >= 15 is 0 Å². The highest BCUT2D eigenvalue weighted by Crippen LogP contribution is 2.15. The second-order valence-corrected chi connectivity index (χ2v) is 7.59. The van der Waals surface area contributed by atoms with Crippen molar-refractivity contribution >= 4 is 15.9 Å². The predicted molar refractivity (Wildman–Crippen MR) is 82.3 cm³/mol. The van der Waals surface area contributed by atoms with Crippen LogP contribution in [0, 0.1) is 0 Å². The fourth-order valence-corrected chi connectivity index (χ4v) is 3.81. The molecule has 1 unspecified atom stereocenters. The van der Waals surface area contributed by atoms with Crippen LogP contribution in [0.15, 0.2) is 30.3 Å². The molecule has 0 aliphatic carbocycles. The van der Waals surface area contributed by atoms with Crippen LogP contribution in [0.1, 0.15) is 25.8 Å². The van der Waals surface area contributed by atoms with Crippen LogP contribution in [0.2, 0.25) is 0 Å². The zero-order valence-electron chi connectivity index (χ0n) is 12.5. The Balaban J connectivity index is 1.89. The summed E-state index contributed by atoms with van der Waals surface area (Å²) in [6.07, 6.45) is 0.730. The number of hydrogen-bond acceptors (Lipinski definition) is 3. The highest BCUT2D eigenvalue weighted by molar-refractivity contribution is 7.89. The van der Waals surface area contributed by atoms with Crippen molar-refractivity contribution in [1.82, 2.24) is 9.62 Å². The van der Waals surface area contributed by atoms with Gasteiger partial charge in [0.15, 0.2) is 0 Å². The van der Waals surface area contributed by atoms with E-state index in [1.54, 1.807) is 4.90 Å². The van der Waals surface area contributed by atoms with Crippen molar-refractivity contribution in [3.63, 3.8) is 0 Å². The van der Waals surface area contributed by atoms with Crippen molar-refractivity contribution < 1.29 is 13.2 Å². The summed E-state index contributed by atoms with van der Waals surface area (Å²) in [6.45, 7) is 4.33. The molecule has 6 heteroatoms. The maximum atomic E-state index is 12.1. The van der Waals surface area contributed by atoms with Gasteiger partial charge in [-0.3, -0.25) is 4.79 Å². The SMILES string of the molecule is CC(C)N1CC(NS(=O)(=O)CCc2ccccc2)CC1=O. The Morgan fingerprint density at radius 1 is 1.29 bits per heavy atom. The van der Waals surface area contributed by atoms with Gasteiger partial charge in [-0.25, -0.2) is 13.1 Å². The highest BCUT2D eigenvalue weighted by atomic mass is 32.2. The topological polar surface area (TPSA) is 66.5 Å².